The van der Waals surface area contributed by atoms with Crippen LogP contribution in [0.15, 0.2) is 53.1 Å². The summed E-state index contributed by atoms with van der Waals surface area (Å²) in [5.41, 5.74) is 1.99. The van der Waals surface area contributed by atoms with Crippen molar-refractivity contribution in [3.8, 4) is 17.2 Å². The summed E-state index contributed by atoms with van der Waals surface area (Å²) in [6.45, 7) is 4.38. The molecule has 31 heavy (non-hydrogen) atoms. The van der Waals surface area contributed by atoms with Gasteiger partial charge in [-0.15, -0.1) is 0 Å². The molecule has 3 aromatic rings. The molecule has 0 aliphatic rings. The van der Waals surface area contributed by atoms with Crippen molar-refractivity contribution in [2.45, 2.75) is 13.8 Å². The van der Waals surface area contributed by atoms with E-state index in [4.69, 9.17) is 14.2 Å². The molecular weight excluding hydrogens is 466 g/mol. The lowest BCUT2D eigenvalue weighted by Crippen LogP contribution is -2.12. The van der Waals surface area contributed by atoms with Crippen LogP contribution in [0.4, 0.5) is 5.69 Å². The minimum absolute atomic E-state index is 0.231. The fourth-order valence-corrected chi connectivity index (χ4v) is 3.37. The first-order valence-electron chi connectivity index (χ1n) is 9.61. The normalized spacial score (nSPS) is 10.5. The molecule has 0 bridgehead atoms. The van der Waals surface area contributed by atoms with Gasteiger partial charge in [-0.05, 0) is 72.2 Å². The predicted octanol–water partition coefficient (Wildman–Crippen LogP) is 4.47. The van der Waals surface area contributed by atoms with Gasteiger partial charge in [-0.25, -0.2) is 9.48 Å². The Labute approximate surface area is 188 Å². The van der Waals surface area contributed by atoms with Gasteiger partial charge in [-0.2, -0.15) is 5.10 Å². The quantitative estimate of drug-likeness (QED) is 0.471. The van der Waals surface area contributed by atoms with Crippen LogP contribution in [0, 0.1) is 0 Å². The highest BCUT2D eigenvalue weighted by Crippen LogP contribution is 2.36. The van der Waals surface area contributed by atoms with E-state index in [2.05, 4.69) is 26.3 Å². The van der Waals surface area contributed by atoms with E-state index in [1.165, 1.54) is 7.11 Å². The monoisotopic (exact) mass is 487 g/mol. The number of carbonyl (C=O) groups excluding carboxylic acids is 2. The largest absolute Gasteiger partial charge is 0.493 e. The highest BCUT2D eigenvalue weighted by Gasteiger charge is 2.16. The van der Waals surface area contributed by atoms with Crippen LogP contribution in [0.5, 0.6) is 11.5 Å². The third-order valence-corrected chi connectivity index (χ3v) is 4.83. The van der Waals surface area contributed by atoms with Crippen molar-refractivity contribution in [3.05, 3.63) is 64.4 Å². The number of hydrogen-bond acceptors (Lipinski definition) is 6. The fraction of sp³-hybridized carbons (Fsp3) is 0.227. The lowest BCUT2D eigenvalue weighted by molar-refractivity contribution is 0.0519. The van der Waals surface area contributed by atoms with Gasteiger partial charge in [-0.1, -0.05) is 0 Å². The maximum atomic E-state index is 12.7. The van der Waals surface area contributed by atoms with E-state index in [0.29, 0.717) is 33.8 Å². The second-order valence-corrected chi connectivity index (χ2v) is 7.14. The van der Waals surface area contributed by atoms with E-state index in [1.807, 2.05) is 6.92 Å². The zero-order chi connectivity index (χ0) is 22.4. The minimum Gasteiger partial charge on any atom is -0.493 e. The van der Waals surface area contributed by atoms with Gasteiger partial charge in [0.1, 0.15) is 0 Å². The van der Waals surface area contributed by atoms with Crippen LogP contribution in [-0.4, -0.2) is 42.0 Å². The van der Waals surface area contributed by atoms with Crippen molar-refractivity contribution in [3.63, 3.8) is 0 Å². The summed E-state index contributed by atoms with van der Waals surface area (Å²) in [7, 11) is 1.52. The fourth-order valence-electron chi connectivity index (χ4n) is 2.82. The number of esters is 1. The molecule has 0 aliphatic carbocycles. The van der Waals surface area contributed by atoms with Gasteiger partial charge in [0.25, 0.3) is 5.91 Å². The molecule has 0 fully saturated rings. The molecule has 0 saturated carbocycles. The molecule has 9 heteroatoms. The van der Waals surface area contributed by atoms with Crippen LogP contribution >= 0.6 is 15.9 Å². The average Bonchev–Trinajstić information content (AvgIpc) is 3.26. The van der Waals surface area contributed by atoms with Crippen LogP contribution in [0.1, 0.15) is 34.7 Å². The molecular formula is C22H22BrN3O5. The Morgan fingerprint density at radius 1 is 1.10 bits per heavy atom. The second kappa shape index (κ2) is 10.1. The molecule has 1 heterocycles. The zero-order valence-corrected chi connectivity index (χ0v) is 18.9. The first-order chi connectivity index (χ1) is 15.0. The average molecular weight is 488 g/mol. The van der Waals surface area contributed by atoms with Crippen molar-refractivity contribution >= 4 is 33.5 Å². The third kappa shape index (κ3) is 5.24. The summed E-state index contributed by atoms with van der Waals surface area (Å²) in [6.07, 6.45) is 1.67. The molecule has 1 N–H and O–H groups in total. The molecule has 1 aromatic heterocycles. The standard InChI is InChI=1S/C22H22BrN3O5/c1-4-30-20-17(23)12-14(13-19(20)29-3)21(27)24-15-6-8-16(9-7-15)26-11-10-18(25-26)22(28)31-5-2/h6-13H,4-5H2,1-3H3,(H,24,27). The molecule has 0 saturated heterocycles. The number of carbonyl (C=O) groups is 2. The minimum atomic E-state index is -0.470. The molecule has 0 spiro atoms. The topological polar surface area (TPSA) is 91.7 Å². The Morgan fingerprint density at radius 2 is 1.84 bits per heavy atom. The van der Waals surface area contributed by atoms with Gasteiger partial charge in [0, 0.05) is 17.4 Å². The number of aromatic nitrogens is 2. The van der Waals surface area contributed by atoms with Crippen molar-refractivity contribution < 1.29 is 23.8 Å². The maximum Gasteiger partial charge on any atom is 0.358 e. The van der Waals surface area contributed by atoms with Crippen LogP contribution < -0.4 is 14.8 Å². The number of benzene rings is 2. The summed E-state index contributed by atoms with van der Waals surface area (Å²) < 4.78 is 18.0. The molecule has 3 rings (SSSR count). The van der Waals surface area contributed by atoms with Crippen molar-refractivity contribution in [1.82, 2.24) is 9.78 Å². The number of nitrogens with one attached hydrogen (secondary N) is 1. The summed E-state index contributed by atoms with van der Waals surface area (Å²) >= 11 is 3.42. The first-order valence-corrected chi connectivity index (χ1v) is 10.4. The number of hydrogen-bond donors (Lipinski definition) is 1. The zero-order valence-electron chi connectivity index (χ0n) is 17.3. The lowest BCUT2D eigenvalue weighted by Gasteiger charge is -2.13. The molecule has 8 nitrogen and oxygen atoms in total. The maximum absolute atomic E-state index is 12.7. The van der Waals surface area contributed by atoms with E-state index >= 15 is 0 Å². The van der Waals surface area contributed by atoms with Gasteiger partial charge in [0.2, 0.25) is 0 Å². The van der Waals surface area contributed by atoms with E-state index in [-0.39, 0.29) is 18.2 Å². The number of halogens is 1. The van der Waals surface area contributed by atoms with Crippen LogP contribution in [0.25, 0.3) is 5.69 Å². The second-order valence-electron chi connectivity index (χ2n) is 6.29. The van der Waals surface area contributed by atoms with Gasteiger partial charge < -0.3 is 19.5 Å². The van der Waals surface area contributed by atoms with Crippen molar-refractivity contribution in [2.24, 2.45) is 0 Å². The molecule has 2 aromatic carbocycles. The Kier molecular flexibility index (Phi) is 7.30. The van der Waals surface area contributed by atoms with Gasteiger partial charge in [-0.3, -0.25) is 4.79 Å². The molecule has 0 unspecified atom stereocenters. The van der Waals surface area contributed by atoms with Gasteiger partial charge in [0.05, 0.1) is 30.5 Å². The first kappa shape index (κ1) is 22.4. The molecule has 0 aliphatic heterocycles. The number of amides is 1. The van der Waals surface area contributed by atoms with E-state index in [1.54, 1.807) is 60.3 Å². The predicted molar refractivity (Wildman–Crippen MR) is 119 cm³/mol. The Balaban J connectivity index is 1.73. The smallest absolute Gasteiger partial charge is 0.358 e. The molecule has 0 radical (unpaired) electrons. The van der Waals surface area contributed by atoms with E-state index < -0.39 is 5.97 Å². The van der Waals surface area contributed by atoms with Crippen molar-refractivity contribution in [1.29, 1.82) is 0 Å². The summed E-state index contributed by atoms with van der Waals surface area (Å²) in [6, 6.07) is 12.0. The number of methoxy groups -OCH3 is 1. The van der Waals surface area contributed by atoms with Crippen molar-refractivity contribution in [2.75, 3.05) is 25.6 Å². The van der Waals surface area contributed by atoms with Crippen LogP contribution in [-0.2, 0) is 4.74 Å². The lowest BCUT2D eigenvalue weighted by atomic mass is 10.1. The molecule has 162 valence electrons. The van der Waals surface area contributed by atoms with Crippen LogP contribution in [0.2, 0.25) is 0 Å². The van der Waals surface area contributed by atoms with Gasteiger partial charge >= 0.3 is 5.97 Å². The SMILES string of the molecule is CCOC(=O)c1ccn(-c2ccc(NC(=O)c3cc(Br)c(OCC)c(OC)c3)cc2)n1. The summed E-state index contributed by atoms with van der Waals surface area (Å²) in [5.74, 6) is 0.251. The van der Waals surface area contributed by atoms with Crippen LogP contribution in [0.3, 0.4) is 0 Å². The third-order valence-electron chi connectivity index (χ3n) is 4.24. The highest BCUT2D eigenvalue weighted by molar-refractivity contribution is 9.10. The summed E-state index contributed by atoms with van der Waals surface area (Å²) in [4.78, 5) is 24.5. The number of ether oxygens (including phenoxy) is 3. The number of rotatable bonds is 8. The molecule has 1 amide bonds. The Hall–Kier alpha value is -3.33. The summed E-state index contributed by atoms with van der Waals surface area (Å²) in [5, 5.41) is 7.06. The van der Waals surface area contributed by atoms with E-state index in [9.17, 15) is 9.59 Å². The highest BCUT2D eigenvalue weighted by atomic mass is 79.9. The number of anilines is 1. The van der Waals surface area contributed by atoms with Gasteiger partial charge in [0.15, 0.2) is 17.2 Å². The molecule has 0 atom stereocenters. The Morgan fingerprint density at radius 3 is 2.48 bits per heavy atom. The Bertz CT molecular complexity index is 1080. The number of nitrogens with zero attached hydrogens (tertiary/aromatic N) is 2. The van der Waals surface area contributed by atoms with E-state index in [0.717, 1.165) is 5.69 Å².